The average molecular weight is 548 g/mol. The predicted molar refractivity (Wildman–Crippen MR) is 160 cm³/mol. The Morgan fingerprint density at radius 3 is 2.61 bits per heavy atom. The molecule has 1 saturated heterocycles. The van der Waals surface area contributed by atoms with Crippen LogP contribution in [0.15, 0.2) is 79.1 Å². The van der Waals surface area contributed by atoms with E-state index in [-0.39, 0.29) is 5.82 Å². The molecule has 206 valence electrons. The summed E-state index contributed by atoms with van der Waals surface area (Å²) in [5, 5.41) is 9.78. The van der Waals surface area contributed by atoms with Gasteiger partial charge >= 0.3 is 0 Å². The molecule has 0 radical (unpaired) electrons. The summed E-state index contributed by atoms with van der Waals surface area (Å²) in [6.45, 7) is 3.91. The number of fused-ring (bicyclic) bond motifs is 2. The number of pyridine rings is 1. The number of hydrogen-bond acceptors (Lipinski definition) is 5. The van der Waals surface area contributed by atoms with Crippen LogP contribution in [0.1, 0.15) is 12.8 Å². The highest BCUT2D eigenvalue weighted by Gasteiger charge is 2.16. The van der Waals surface area contributed by atoms with Gasteiger partial charge in [-0.15, -0.1) is 0 Å². The minimum Gasteiger partial charge on any atom is -0.497 e. The van der Waals surface area contributed by atoms with Crippen LogP contribution in [0.5, 0.6) is 11.5 Å². The van der Waals surface area contributed by atoms with E-state index in [2.05, 4.69) is 43.3 Å². The van der Waals surface area contributed by atoms with E-state index >= 15 is 0 Å². The molecule has 3 aromatic carbocycles. The molecular weight excluding hydrogens is 517 g/mol. The first-order valence-electron chi connectivity index (χ1n) is 13.9. The normalized spacial score (nSPS) is 13.8. The van der Waals surface area contributed by atoms with Gasteiger partial charge in [-0.05, 0) is 85.1 Å². The van der Waals surface area contributed by atoms with Crippen LogP contribution in [0, 0.1) is 5.82 Å². The van der Waals surface area contributed by atoms with Gasteiger partial charge in [-0.1, -0.05) is 18.2 Å². The molecule has 1 aliphatic heterocycles. The maximum Gasteiger partial charge on any atom is 0.138 e. The fraction of sp³-hybridized carbons (Fsp3) is 0.212. The van der Waals surface area contributed by atoms with Crippen LogP contribution in [0.2, 0.25) is 0 Å². The van der Waals surface area contributed by atoms with Crippen LogP contribution >= 0.6 is 0 Å². The Balaban J connectivity index is 1.21. The van der Waals surface area contributed by atoms with Gasteiger partial charge < -0.3 is 14.5 Å². The zero-order valence-electron chi connectivity index (χ0n) is 22.8. The molecule has 1 aliphatic rings. The molecule has 0 unspecified atom stereocenters. The Kier molecular flexibility index (Phi) is 6.60. The number of likely N-dealkylation sites (tertiary alicyclic amines) is 1. The predicted octanol–water partition coefficient (Wildman–Crippen LogP) is 7.06. The molecule has 1 fully saturated rings. The van der Waals surface area contributed by atoms with E-state index in [1.54, 1.807) is 13.3 Å². The quantitative estimate of drug-likeness (QED) is 0.213. The smallest absolute Gasteiger partial charge is 0.138 e. The first kappa shape index (κ1) is 25.3. The van der Waals surface area contributed by atoms with E-state index in [0.717, 1.165) is 80.8 Å². The summed E-state index contributed by atoms with van der Waals surface area (Å²) >= 11 is 0. The molecule has 0 atom stereocenters. The van der Waals surface area contributed by atoms with Gasteiger partial charge in [-0.25, -0.2) is 4.39 Å². The monoisotopic (exact) mass is 547 g/mol. The highest BCUT2D eigenvalue weighted by Crippen LogP contribution is 2.36. The van der Waals surface area contributed by atoms with Crippen molar-refractivity contribution in [2.45, 2.75) is 12.8 Å². The van der Waals surface area contributed by atoms with Crippen LogP contribution < -0.4 is 9.47 Å². The van der Waals surface area contributed by atoms with Gasteiger partial charge in [0.05, 0.1) is 24.5 Å². The fourth-order valence-electron chi connectivity index (χ4n) is 5.72. The van der Waals surface area contributed by atoms with Crippen LogP contribution in [-0.4, -0.2) is 58.4 Å². The minimum atomic E-state index is -0.339. The van der Waals surface area contributed by atoms with Gasteiger partial charge in [0, 0.05) is 40.7 Å². The Morgan fingerprint density at radius 1 is 0.854 bits per heavy atom. The van der Waals surface area contributed by atoms with Gasteiger partial charge in [0.1, 0.15) is 29.6 Å². The van der Waals surface area contributed by atoms with Crippen molar-refractivity contribution in [3.63, 3.8) is 0 Å². The summed E-state index contributed by atoms with van der Waals surface area (Å²) < 4.78 is 25.7. The zero-order chi connectivity index (χ0) is 27.8. The van der Waals surface area contributed by atoms with Gasteiger partial charge in [0.25, 0.3) is 0 Å². The van der Waals surface area contributed by atoms with E-state index in [4.69, 9.17) is 9.47 Å². The van der Waals surface area contributed by atoms with Crippen LogP contribution in [0.25, 0.3) is 55.4 Å². The van der Waals surface area contributed by atoms with E-state index < -0.39 is 0 Å². The number of nitrogens with zero attached hydrogens (tertiary/aromatic N) is 3. The molecule has 0 bridgehead atoms. The molecule has 0 amide bonds. The van der Waals surface area contributed by atoms with Gasteiger partial charge in [0.2, 0.25) is 0 Å². The summed E-state index contributed by atoms with van der Waals surface area (Å²) in [6.07, 6.45) is 6.18. The second-order valence-corrected chi connectivity index (χ2v) is 10.5. The number of benzene rings is 3. The fourth-order valence-corrected chi connectivity index (χ4v) is 5.72. The van der Waals surface area contributed by atoms with Crippen molar-refractivity contribution in [2.24, 2.45) is 0 Å². The van der Waals surface area contributed by atoms with Crippen LogP contribution in [-0.2, 0) is 0 Å². The molecule has 7 nitrogen and oxygen atoms in total. The first-order chi connectivity index (χ1) is 20.1. The number of nitrogens with one attached hydrogen (secondary N) is 2. The lowest BCUT2D eigenvalue weighted by atomic mass is 10.0. The Morgan fingerprint density at radius 2 is 1.73 bits per heavy atom. The van der Waals surface area contributed by atoms with E-state index in [0.29, 0.717) is 12.4 Å². The van der Waals surface area contributed by atoms with Gasteiger partial charge in [-0.2, -0.15) is 5.10 Å². The Hall–Kier alpha value is -4.69. The Labute approximate surface area is 236 Å². The lowest BCUT2D eigenvalue weighted by molar-refractivity contribution is 0.237. The summed E-state index contributed by atoms with van der Waals surface area (Å²) in [5.74, 6) is 0.911. The number of H-pyrrole nitrogens is 2. The second-order valence-electron chi connectivity index (χ2n) is 10.5. The van der Waals surface area contributed by atoms with E-state index in [9.17, 15) is 4.39 Å². The molecule has 7 rings (SSSR count). The van der Waals surface area contributed by atoms with Crippen molar-refractivity contribution in [3.8, 4) is 45.1 Å². The lowest BCUT2D eigenvalue weighted by Gasteiger charge is -2.15. The number of hydrogen-bond donors (Lipinski definition) is 2. The molecule has 4 heterocycles. The number of methoxy groups -OCH3 is 1. The molecule has 41 heavy (non-hydrogen) atoms. The van der Waals surface area contributed by atoms with Crippen molar-refractivity contribution < 1.29 is 13.9 Å². The molecule has 0 saturated carbocycles. The third-order valence-electron chi connectivity index (χ3n) is 7.82. The van der Waals surface area contributed by atoms with Gasteiger partial charge in [0.15, 0.2) is 0 Å². The van der Waals surface area contributed by atoms with Crippen molar-refractivity contribution in [2.75, 3.05) is 33.4 Å². The number of aromatic nitrogens is 4. The third-order valence-corrected chi connectivity index (χ3v) is 7.82. The largest absolute Gasteiger partial charge is 0.497 e. The maximum atomic E-state index is 14.3. The molecular formula is C33H30FN5O2. The van der Waals surface area contributed by atoms with Gasteiger partial charge in [-0.3, -0.25) is 15.0 Å². The number of halogens is 1. The minimum absolute atomic E-state index is 0.339. The number of ether oxygens (including phenoxy) is 2. The Bertz CT molecular complexity index is 1850. The average Bonchev–Trinajstić information content (AvgIpc) is 3.76. The standard InChI is InChI=1S/C33H30FN5O2/c1-40-25-14-22(13-24(34)17-25)27-5-4-6-30-28(27)18-32(36-30)33-29-16-21(7-8-31(29)37-38-33)23-15-26(20-35-19-23)41-12-11-39-9-2-3-10-39/h4-8,13-20,36H,2-3,9-12H2,1H3,(H,37,38). The second kappa shape index (κ2) is 10.7. The van der Waals surface area contributed by atoms with Crippen molar-refractivity contribution in [1.82, 2.24) is 25.1 Å². The topological polar surface area (TPSA) is 79.1 Å². The molecule has 8 heteroatoms. The van der Waals surface area contributed by atoms with Crippen molar-refractivity contribution >= 4 is 21.8 Å². The molecule has 3 aromatic heterocycles. The maximum absolute atomic E-state index is 14.3. The van der Waals surface area contributed by atoms with E-state index in [1.165, 1.54) is 25.0 Å². The molecule has 6 aromatic rings. The highest BCUT2D eigenvalue weighted by atomic mass is 19.1. The van der Waals surface area contributed by atoms with Crippen LogP contribution in [0.3, 0.4) is 0 Å². The zero-order valence-corrected chi connectivity index (χ0v) is 22.8. The summed E-state index contributed by atoms with van der Waals surface area (Å²) in [5.41, 5.74) is 7.23. The van der Waals surface area contributed by atoms with Crippen LogP contribution in [0.4, 0.5) is 4.39 Å². The number of aromatic amines is 2. The third kappa shape index (κ3) is 5.02. The summed E-state index contributed by atoms with van der Waals surface area (Å²) in [6, 6.07) is 21.1. The summed E-state index contributed by atoms with van der Waals surface area (Å²) in [4.78, 5) is 10.4. The number of rotatable bonds is 8. The highest BCUT2D eigenvalue weighted by molar-refractivity contribution is 6.02. The first-order valence-corrected chi connectivity index (χ1v) is 13.9. The molecule has 2 N–H and O–H groups in total. The van der Waals surface area contributed by atoms with Crippen molar-refractivity contribution in [3.05, 3.63) is 84.9 Å². The SMILES string of the molecule is COc1cc(F)cc(-c2cccc3[nH]c(-c4n[nH]c5ccc(-c6cncc(OCCN7CCCC7)c6)cc45)cc23)c1. The van der Waals surface area contributed by atoms with E-state index in [1.807, 2.05) is 42.6 Å². The molecule has 0 aliphatic carbocycles. The van der Waals surface area contributed by atoms with Crippen molar-refractivity contribution in [1.29, 1.82) is 0 Å². The summed E-state index contributed by atoms with van der Waals surface area (Å²) in [7, 11) is 1.54. The lowest BCUT2D eigenvalue weighted by Crippen LogP contribution is -2.25. The molecule has 0 spiro atoms.